The molecule has 1 heterocycles. The van der Waals surface area contributed by atoms with Crippen molar-refractivity contribution >= 4 is 65.5 Å². The molecular weight excluding hydrogens is 412 g/mol. The van der Waals surface area contributed by atoms with Crippen LogP contribution in [0.5, 0.6) is 0 Å². The highest BCUT2D eigenvalue weighted by molar-refractivity contribution is 9.25. The van der Waals surface area contributed by atoms with Crippen molar-refractivity contribution in [1.82, 2.24) is 0 Å². The maximum absolute atomic E-state index is 11.0. The van der Waals surface area contributed by atoms with Crippen LogP contribution in [0.15, 0.2) is 0 Å². The lowest BCUT2D eigenvalue weighted by Crippen LogP contribution is -2.41. The number of esters is 1. The van der Waals surface area contributed by atoms with Crippen LogP contribution in [0.4, 0.5) is 0 Å². The molecule has 0 aromatic heterocycles. The molecular formula is C9H13Br3O2S. The van der Waals surface area contributed by atoms with Gasteiger partial charge in [0.25, 0.3) is 0 Å². The van der Waals surface area contributed by atoms with Gasteiger partial charge in [0.05, 0.1) is 0 Å². The van der Waals surface area contributed by atoms with E-state index in [0.29, 0.717) is 5.92 Å². The Morgan fingerprint density at radius 2 is 2.07 bits per heavy atom. The zero-order chi connectivity index (χ0) is 11.9. The number of hydrogen-bond donors (Lipinski definition) is 0. The summed E-state index contributed by atoms with van der Waals surface area (Å²) >= 11 is 12.6. The van der Waals surface area contributed by atoms with E-state index in [1.165, 1.54) is 6.92 Å². The summed E-state index contributed by atoms with van der Waals surface area (Å²) in [6.45, 7) is 5.67. The second-order valence-electron chi connectivity index (χ2n) is 4.07. The summed E-state index contributed by atoms with van der Waals surface area (Å²) in [5, 5.41) is 0. The second-order valence-corrected chi connectivity index (χ2v) is 10.9. The largest absolute Gasteiger partial charge is 0.449 e. The molecule has 2 nitrogen and oxygen atoms in total. The highest BCUT2D eigenvalue weighted by Crippen LogP contribution is 2.56. The first-order valence-corrected chi connectivity index (χ1v) is 7.94. The SMILES string of the molecule is CC(=O)O[C@@H]1SC[C@@H](C(C)(C)Br)C1(Br)Br. The second kappa shape index (κ2) is 4.86. The predicted molar refractivity (Wildman–Crippen MR) is 75.1 cm³/mol. The number of rotatable bonds is 2. The van der Waals surface area contributed by atoms with E-state index in [-0.39, 0.29) is 19.0 Å². The molecule has 0 unspecified atom stereocenters. The van der Waals surface area contributed by atoms with E-state index in [2.05, 4.69) is 61.6 Å². The summed E-state index contributed by atoms with van der Waals surface area (Å²) in [7, 11) is 0. The highest BCUT2D eigenvalue weighted by Gasteiger charge is 2.54. The zero-order valence-corrected chi connectivity index (χ0v) is 14.3. The predicted octanol–water partition coefficient (Wildman–Crippen LogP) is 3.90. The van der Waals surface area contributed by atoms with Gasteiger partial charge in [-0.1, -0.05) is 47.8 Å². The quantitative estimate of drug-likeness (QED) is 0.496. The third-order valence-electron chi connectivity index (χ3n) is 2.29. The van der Waals surface area contributed by atoms with E-state index in [9.17, 15) is 4.79 Å². The third-order valence-corrected chi connectivity index (χ3v) is 6.69. The molecule has 1 fully saturated rings. The summed E-state index contributed by atoms with van der Waals surface area (Å²) in [4.78, 5) is 11.0. The molecule has 1 aliphatic rings. The number of carbonyl (C=O) groups excluding carboxylic acids is 1. The van der Waals surface area contributed by atoms with Gasteiger partial charge in [-0.2, -0.15) is 0 Å². The van der Waals surface area contributed by atoms with Gasteiger partial charge < -0.3 is 4.74 Å². The molecule has 0 radical (unpaired) electrons. The summed E-state index contributed by atoms with van der Waals surface area (Å²) in [6, 6.07) is 0. The van der Waals surface area contributed by atoms with E-state index < -0.39 is 0 Å². The number of halogens is 3. The van der Waals surface area contributed by atoms with Crippen molar-refractivity contribution in [2.75, 3.05) is 5.75 Å². The van der Waals surface area contributed by atoms with Crippen molar-refractivity contribution in [2.45, 2.75) is 33.8 Å². The summed E-state index contributed by atoms with van der Waals surface area (Å²) in [5.41, 5.74) is -0.183. The van der Waals surface area contributed by atoms with Crippen LogP contribution in [-0.2, 0) is 9.53 Å². The Bertz CT molecular complexity index is 263. The van der Waals surface area contributed by atoms with E-state index in [4.69, 9.17) is 4.74 Å². The van der Waals surface area contributed by atoms with Crippen molar-refractivity contribution in [3.8, 4) is 0 Å². The summed E-state index contributed by atoms with van der Waals surface area (Å²) in [6.07, 6.45) is 0. The van der Waals surface area contributed by atoms with Gasteiger partial charge in [0.1, 0.15) is 3.23 Å². The van der Waals surface area contributed by atoms with Crippen LogP contribution in [0.3, 0.4) is 0 Å². The molecule has 1 saturated heterocycles. The van der Waals surface area contributed by atoms with Gasteiger partial charge in [-0.15, -0.1) is 11.8 Å². The Hall–Kier alpha value is 1.26. The first-order chi connectivity index (χ1) is 6.65. The first kappa shape index (κ1) is 14.3. The maximum Gasteiger partial charge on any atom is 0.303 e. The molecule has 0 N–H and O–H groups in total. The lowest BCUT2D eigenvalue weighted by molar-refractivity contribution is -0.142. The number of ether oxygens (including phenoxy) is 1. The normalized spacial score (nSPS) is 30.3. The number of carbonyl (C=O) groups is 1. The zero-order valence-electron chi connectivity index (χ0n) is 8.72. The minimum atomic E-state index is -0.358. The molecule has 1 rings (SSSR count). The number of hydrogen-bond acceptors (Lipinski definition) is 3. The number of alkyl halides is 3. The average Bonchev–Trinajstić information content (AvgIpc) is 2.24. The van der Waals surface area contributed by atoms with Gasteiger partial charge in [0, 0.05) is 22.9 Å². The Morgan fingerprint density at radius 3 is 2.40 bits per heavy atom. The maximum atomic E-state index is 11.0. The Labute approximate surface area is 120 Å². The highest BCUT2D eigenvalue weighted by atomic mass is 79.9. The van der Waals surface area contributed by atoms with E-state index in [1.807, 2.05) is 0 Å². The van der Waals surface area contributed by atoms with Crippen LogP contribution in [0, 0.1) is 5.92 Å². The lowest BCUT2D eigenvalue weighted by Gasteiger charge is -2.34. The lowest BCUT2D eigenvalue weighted by atomic mass is 9.94. The Morgan fingerprint density at radius 1 is 1.53 bits per heavy atom. The van der Waals surface area contributed by atoms with E-state index in [1.54, 1.807) is 11.8 Å². The fourth-order valence-electron chi connectivity index (χ4n) is 1.49. The molecule has 6 heteroatoms. The van der Waals surface area contributed by atoms with E-state index in [0.717, 1.165) is 5.75 Å². The molecule has 88 valence electrons. The first-order valence-electron chi connectivity index (χ1n) is 4.51. The smallest absolute Gasteiger partial charge is 0.303 e. The molecule has 0 saturated carbocycles. The fraction of sp³-hybridized carbons (Fsp3) is 0.889. The molecule has 0 bridgehead atoms. The Kier molecular flexibility index (Phi) is 4.64. The standard InChI is InChI=1S/C9H13Br3O2S/c1-5(13)14-7-9(11,12)6(4-15-7)8(2,3)10/h6-7H,4H2,1-3H3/t6-,7+/m0/s1. The monoisotopic (exact) mass is 422 g/mol. The number of thioether (sulfide) groups is 1. The molecule has 1 aliphatic heterocycles. The average molecular weight is 425 g/mol. The summed E-state index contributed by atoms with van der Waals surface area (Å²) < 4.78 is 4.89. The molecule has 0 spiro atoms. The van der Waals surface area contributed by atoms with Crippen LogP contribution in [-0.4, -0.2) is 24.7 Å². The van der Waals surface area contributed by atoms with Gasteiger partial charge in [0.15, 0.2) is 5.44 Å². The molecule has 15 heavy (non-hydrogen) atoms. The van der Waals surface area contributed by atoms with Crippen LogP contribution in [0.25, 0.3) is 0 Å². The minimum Gasteiger partial charge on any atom is -0.449 e. The molecule has 2 atom stereocenters. The van der Waals surface area contributed by atoms with E-state index >= 15 is 0 Å². The van der Waals surface area contributed by atoms with Gasteiger partial charge in [-0.05, 0) is 13.8 Å². The molecule has 0 amide bonds. The third kappa shape index (κ3) is 3.36. The van der Waals surface area contributed by atoms with Crippen LogP contribution >= 0.6 is 59.6 Å². The minimum absolute atomic E-state index is 0.0120. The van der Waals surface area contributed by atoms with Gasteiger partial charge in [-0.3, -0.25) is 4.79 Å². The Balaban J connectivity index is 2.80. The molecule has 0 aliphatic carbocycles. The van der Waals surface area contributed by atoms with Crippen LogP contribution in [0.2, 0.25) is 0 Å². The van der Waals surface area contributed by atoms with Gasteiger partial charge in [-0.25, -0.2) is 0 Å². The van der Waals surface area contributed by atoms with Crippen molar-refractivity contribution < 1.29 is 9.53 Å². The van der Waals surface area contributed by atoms with Crippen molar-refractivity contribution in [1.29, 1.82) is 0 Å². The molecule has 0 aromatic rings. The van der Waals surface area contributed by atoms with Crippen molar-refractivity contribution in [3.63, 3.8) is 0 Å². The van der Waals surface area contributed by atoms with Crippen molar-refractivity contribution in [3.05, 3.63) is 0 Å². The van der Waals surface area contributed by atoms with Crippen molar-refractivity contribution in [2.24, 2.45) is 5.92 Å². The van der Waals surface area contributed by atoms with Crippen LogP contribution in [0.1, 0.15) is 20.8 Å². The topological polar surface area (TPSA) is 26.3 Å². The summed E-state index contributed by atoms with van der Waals surface area (Å²) in [5.74, 6) is 1.02. The van der Waals surface area contributed by atoms with Gasteiger partial charge >= 0.3 is 5.97 Å². The molecule has 0 aromatic carbocycles. The van der Waals surface area contributed by atoms with Gasteiger partial charge in [0.2, 0.25) is 0 Å². The van der Waals surface area contributed by atoms with Crippen LogP contribution < -0.4 is 0 Å². The fourth-order valence-corrected chi connectivity index (χ4v) is 7.35.